The average Bonchev–Trinajstić information content (AvgIpc) is 2.48. The minimum atomic E-state index is -4.35. The van der Waals surface area contributed by atoms with Crippen LogP contribution in [0.2, 0.25) is 0 Å². The number of nitrogens with one attached hydrogen (secondary N) is 1. The van der Waals surface area contributed by atoms with Crippen LogP contribution in [0.25, 0.3) is 10.4 Å². The summed E-state index contributed by atoms with van der Waals surface area (Å²) in [7, 11) is 0. The van der Waals surface area contributed by atoms with Crippen molar-refractivity contribution < 1.29 is 13.2 Å². The van der Waals surface area contributed by atoms with E-state index in [2.05, 4.69) is 20.3 Å². The summed E-state index contributed by atoms with van der Waals surface area (Å²) in [5.74, 6) is 0.483. The van der Waals surface area contributed by atoms with Crippen LogP contribution >= 0.6 is 0 Å². The van der Waals surface area contributed by atoms with Gasteiger partial charge in [0.25, 0.3) is 0 Å². The van der Waals surface area contributed by atoms with Gasteiger partial charge in [-0.2, -0.15) is 13.2 Å². The molecule has 1 aromatic carbocycles. The van der Waals surface area contributed by atoms with Gasteiger partial charge >= 0.3 is 6.18 Å². The van der Waals surface area contributed by atoms with Crippen LogP contribution in [-0.4, -0.2) is 4.98 Å². The maximum absolute atomic E-state index is 12.5. The molecular weight excluding hydrogens is 295 g/mol. The Hall–Kier alpha value is -2.73. The van der Waals surface area contributed by atoms with Crippen molar-refractivity contribution in [3.8, 4) is 0 Å². The molecule has 0 amide bonds. The number of hydrogen-bond acceptors (Lipinski definition) is 3. The van der Waals surface area contributed by atoms with Crippen molar-refractivity contribution in [2.45, 2.75) is 19.1 Å². The van der Waals surface area contributed by atoms with E-state index < -0.39 is 11.7 Å². The normalized spacial score (nSPS) is 12.4. The first kappa shape index (κ1) is 15.7. The zero-order chi connectivity index (χ0) is 16.2. The molecule has 0 aliphatic rings. The Labute approximate surface area is 124 Å². The predicted octanol–water partition coefficient (Wildman–Crippen LogP) is 5.22. The van der Waals surface area contributed by atoms with Crippen molar-refractivity contribution in [3.63, 3.8) is 0 Å². The van der Waals surface area contributed by atoms with E-state index in [1.165, 1.54) is 12.1 Å². The third-order valence-electron chi connectivity index (χ3n) is 2.98. The molecule has 2 rings (SSSR count). The van der Waals surface area contributed by atoms with Crippen LogP contribution in [0.15, 0.2) is 47.7 Å². The first-order chi connectivity index (χ1) is 10.4. The first-order valence-electron chi connectivity index (χ1n) is 6.34. The second kappa shape index (κ2) is 6.36. The Bertz CT molecular complexity index is 673. The summed E-state index contributed by atoms with van der Waals surface area (Å²) >= 11 is 0. The molecule has 0 fully saturated rings. The second-order valence-electron chi connectivity index (χ2n) is 4.56. The van der Waals surface area contributed by atoms with E-state index in [1.807, 2.05) is 0 Å². The lowest BCUT2D eigenvalue weighted by molar-refractivity contribution is -0.137. The molecule has 1 heterocycles. The van der Waals surface area contributed by atoms with E-state index >= 15 is 0 Å². The van der Waals surface area contributed by atoms with E-state index in [-0.39, 0.29) is 6.04 Å². The van der Waals surface area contributed by atoms with E-state index in [4.69, 9.17) is 5.53 Å². The zero-order valence-corrected chi connectivity index (χ0v) is 11.5. The summed E-state index contributed by atoms with van der Waals surface area (Å²) in [5.41, 5.74) is 8.91. The topological polar surface area (TPSA) is 73.7 Å². The highest BCUT2D eigenvalue weighted by molar-refractivity contribution is 5.56. The number of rotatable bonds is 4. The number of benzene rings is 1. The highest BCUT2D eigenvalue weighted by Gasteiger charge is 2.29. The lowest BCUT2D eigenvalue weighted by Gasteiger charge is -2.10. The van der Waals surface area contributed by atoms with E-state index in [0.717, 1.165) is 17.7 Å². The van der Waals surface area contributed by atoms with Crippen LogP contribution in [0.3, 0.4) is 0 Å². The van der Waals surface area contributed by atoms with Crippen molar-refractivity contribution in [2.24, 2.45) is 5.11 Å². The minimum absolute atomic E-state index is 0.336. The van der Waals surface area contributed by atoms with Crippen LogP contribution in [0, 0.1) is 0 Å². The highest BCUT2D eigenvalue weighted by atomic mass is 19.4. The Balaban J connectivity index is 2.09. The van der Waals surface area contributed by atoms with Crippen molar-refractivity contribution >= 4 is 11.5 Å². The van der Waals surface area contributed by atoms with Crippen molar-refractivity contribution in [1.29, 1.82) is 0 Å². The van der Waals surface area contributed by atoms with Gasteiger partial charge in [-0.25, -0.2) is 4.98 Å². The van der Waals surface area contributed by atoms with Gasteiger partial charge in [0.1, 0.15) is 5.82 Å². The van der Waals surface area contributed by atoms with Crippen LogP contribution in [0.5, 0.6) is 0 Å². The maximum Gasteiger partial charge on any atom is 0.416 e. The molecule has 2 aromatic rings. The van der Waals surface area contributed by atoms with Crippen LogP contribution in [0.4, 0.5) is 24.7 Å². The van der Waals surface area contributed by atoms with Gasteiger partial charge in [-0.1, -0.05) is 18.1 Å². The van der Waals surface area contributed by atoms with Gasteiger partial charge in [-0.05, 0) is 41.4 Å². The fraction of sp³-hybridized carbons (Fsp3) is 0.214. The minimum Gasteiger partial charge on any atom is -0.340 e. The Morgan fingerprint density at radius 1 is 1.18 bits per heavy atom. The molecular formula is C14H12F3N5. The van der Waals surface area contributed by atoms with E-state index in [9.17, 15) is 13.2 Å². The fourth-order valence-electron chi connectivity index (χ4n) is 1.76. The van der Waals surface area contributed by atoms with Crippen LogP contribution < -0.4 is 5.32 Å². The van der Waals surface area contributed by atoms with E-state index in [0.29, 0.717) is 11.5 Å². The summed E-state index contributed by atoms with van der Waals surface area (Å²) in [6, 6.07) is 7.73. The summed E-state index contributed by atoms with van der Waals surface area (Å²) in [5, 5.41) is 6.45. The summed E-state index contributed by atoms with van der Waals surface area (Å²) in [6.45, 7) is 1.74. The smallest absolute Gasteiger partial charge is 0.340 e. The second-order valence-corrected chi connectivity index (χ2v) is 4.56. The van der Waals surface area contributed by atoms with Crippen LogP contribution in [0.1, 0.15) is 24.1 Å². The molecule has 1 atom stereocenters. The molecule has 0 radical (unpaired) electrons. The number of alkyl halides is 3. The largest absolute Gasteiger partial charge is 0.416 e. The van der Waals surface area contributed by atoms with Crippen molar-refractivity contribution in [2.75, 3.05) is 5.32 Å². The molecule has 0 saturated carbocycles. The number of anilines is 2. The fourth-order valence-corrected chi connectivity index (χ4v) is 1.76. The number of pyridine rings is 1. The number of aromatic nitrogens is 1. The predicted molar refractivity (Wildman–Crippen MR) is 76.5 cm³/mol. The lowest BCUT2D eigenvalue weighted by atomic mass is 10.1. The molecule has 0 spiro atoms. The van der Waals surface area contributed by atoms with Gasteiger partial charge in [0.15, 0.2) is 0 Å². The Morgan fingerprint density at radius 3 is 2.36 bits per heavy atom. The molecule has 1 unspecified atom stereocenters. The van der Waals surface area contributed by atoms with E-state index in [1.54, 1.807) is 25.3 Å². The van der Waals surface area contributed by atoms with Gasteiger partial charge in [-0.3, -0.25) is 0 Å². The highest BCUT2D eigenvalue weighted by Crippen LogP contribution is 2.30. The van der Waals surface area contributed by atoms with Gasteiger partial charge < -0.3 is 5.32 Å². The first-order valence-corrected chi connectivity index (χ1v) is 6.34. The number of nitrogens with zero attached hydrogens (tertiary/aromatic N) is 4. The standard InChI is InChI=1S/C14H12F3N5/c1-9(21-22-18)10-2-7-13(19-8-10)20-12-5-3-11(4-6-12)14(15,16)17/h2-9H,1H3,(H,19,20). The molecule has 0 saturated heterocycles. The molecule has 114 valence electrons. The van der Waals surface area contributed by atoms with Gasteiger partial charge in [0.2, 0.25) is 0 Å². The van der Waals surface area contributed by atoms with Gasteiger partial charge in [-0.15, -0.1) is 0 Å². The third-order valence-corrected chi connectivity index (χ3v) is 2.98. The molecule has 0 aliphatic heterocycles. The molecule has 1 N–H and O–H groups in total. The molecule has 1 aromatic heterocycles. The van der Waals surface area contributed by atoms with Crippen molar-refractivity contribution in [1.82, 2.24) is 4.98 Å². The molecule has 0 aliphatic carbocycles. The number of azide groups is 1. The molecule has 8 heteroatoms. The summed E-state index contributed by atoms with van der Waals surface area (Å²) in [4.78, 5) is 6.85. The summed E-state index contributed by atoms with van der Waals surface area (Å²) < 4.78 is 37.4. The van der Waals surface area contributed by atoms with Gasteiger partial charge in [0.05, 0.1) is 11.6 Å². The monoisotopic (exact) mass is 307 g/mol. The third kappa shape index (κ3) is 3.89. The maximum atomic E-state index is 12.5. The Morgan fingerprint density at radius 2 is 1.86 bits per heavy atom. The van der Waals surface area contributed by atoms with Crippen molar-refractivity contribution in [3.05, 3.63) is 64.2 Å². The molecule has 5 nitrogen and oxygen atoms in total. The zero-order valence-electron chi connectivity index (χ0n) is 11.5. The van der Waals surface area contributed by atoms with Gasteiger partial charge in [0, 0.05) is 16.8 Å². The molecule has 22 heavy (non-hydrogen) atoms. The lowest BCUT2D eigenvalue weighted by Crippen LogP contribution is -2.04. The quantitative estimate of drug-likeness (QED) is 0.478. The number of hydrogen-bond donors (Lipinski definition) is 1. The summed E-state index contributed by atoms with van der Waals surface area (Å²) in [6.07, 6.45) is -2.80. The SMILES string of the molecule is CC(N=[N+]=[N-])c1ccc(Nc2ccc(C(F)(F)F)cc2)nc1. The number of halogens is 3. The molecule has 0 bridgehead atoms. The van der Waals surface area contributed by atoms with Crippen LogP contribution in [-0.2, 0) is 6.18 Å². The average molecular weight is 307 g/mol. The Kier molecular flexibility index (Phi) is 4.53.